The van der Waals surface area contributed by atoms with Crippen LogP contribution in [0, 0.1) is 18.8 Å². The third-order valence-electron chi connectivity index (χ3n) is 9.02. The van der Waals surface area contributed by atoms with Crippen molar-refractivity contribution in [2.45, 2.75) is 50.0 Å². The quantitative estimate of drug-likeness (QED) is 0.218. The van der Waals surface area contributed by atoms with E-state index in [-0.39, 0.29) is 23.8 Å². The highest BCUT2D eigenvalue weighted by Crippen LogP contribution is 2.35. The lowest BCUT2D eigenvalue weighted by Gasteiger charge is -2.30. The molecule has 1 aliphatic carbocycles. The number of nitrogens with two attached hydrogens (primary N) is 1. The fourth-order valence-corrected chi connectivity index (χ4v) is 8.10. The molecule has 1 saturated carbocycles. The number of carbonyl (C=O) groups is 2. The number of aromatic amines is 1. The van der Waals surface area contributed by atoms with E-state index in [1.165, 1.54) is 24.3 Å². The van der Waals surface area contributed by atoms with Crippen LogP contribution in [0.15, 0.2) is 77.8 Å². The third-order valence-corrected chi connectivity index (χ3v) is 10.8. The number of sulfonamides is 1. The second-order valence-electron chi connectivity index (χ2n) is 11.9. The Morgan fingerprint density at radius 3 is 2.29 bits per heavy atom. The van der Waals surface area contributed by atoms with Gasteiger partial charge in [-0.15, -0.1) is 0 Å². The van der Waals surface area contributed by atoms with Crippen molar-refractivity contribution in [3.05, 3.63) is 84.1 Å². The molecule has 3 aromatic carbocycles. The van der Waals surface area contributed by atoms with Gasteiger partial charge in [0.25, 0.3) is 15.9 Å². The van der Waals surface area contributed by atoms with Gasteiger partial charge in [-0.05, 0) is 104 Å². The Kier molecular flexibility index (Phi) is 8.56. The molecule has 1 aliphatic heterocycles. The van der Waals surface area contributed by atoms with Gasteiger partial charge in [-0.3, -0.25) is 9.69 Å². The van der Waals surface area contributed by atoms with Crippen LogP contribution in [0.1, 0.15) is 36.8 Å². The van der Waals surface area contributed by atoms with Gasteiger partial charge >= 0.3 is 6.03 Å². The molecule has 3 N–H and O–H groups in total. The number of hydrogen-bond donors (Lipinski definition) is 2. The van der Waals surface area contributed by atoms with E-state index in [4.69, 9.17) is 15.2 Å². The minimum Gasteiger partial charge on any atom is -0.497 e. The molecule has 1 aromatic heterocycles. The minimum absolute atomic E-state index is 0.0541. The number of para-hydroxylation sites is 1. The number of nitrogens with one attached hydrogen (secondary N) is 1. The molecule has 11 heteroatoms. The Labute approximate surface area is 263 Å². The van der Waals surface area contributed by atoms with Gasteiger partial charge in [-0.1, -0.05) is 24.6 Å². The van der Waals surface area contributed by atoms with E-state index >= 15 is 0 Å². The first kappa shape index (κ1) is 30.7. The predicted molar refractivity (Wildman–Crippen MR) is 171 cm³/mol. The van der Waals surface area contributed by atoms with Gasteiger partial charge in [-0.25, -0.2) is 17.5 Å². The molecule has 3 unspecified atom stereocenters. The molecule has 0 spiro atoms. The molecule has 45 heavy (non-hydrogen) atoms. The molecule has 236 valence electrons. The van der Waals surface area contributed by atoms with Crippen LogP contribution in [0.4, 0.5) is 4.79 Å². The average molecular weight is 631 g/mol. The Hall–Kier alpha value is -4.35. The number of hydrogen-bond acceptors (Lipinski definition) is 7. The zero-order valence-electron chi connectivity index (χ0n) is 25.4. The summed E-state index contributed by atoms with van der Waals surface area (Å²) in [5, 5.41) is 0.893. The predicted octanol–water partition coefficient (Wildman–Crippen LogP) is 5.61. The van der Waals surface area contributed by atoms with E-state index in [1.807, 2.05) is 25.1 Å². The summed E-state index contributed by atoms with van der Waals surface area (Å²) in [5.74, 6) is 1.56. The van der Waals surface area contributed by atoms with Crippen molar-refractivity contribution < 1.29 is 27.5 Å². The summed E-state index contributed by atoms with van der Waals surface area (Å²) in [6.45, 7) is 2.71. The van der Waals surface area contributed by atoms with Gasteiger partial charge in [0.15, 0.2) is 0 Å². The molecule has 2 fully saturated rings. The van der Waals surface area contributed by atoms with Crippen molar-refractivity contribution in [3.63, 3.8) is 0 Å². The van der Waals surface area contributed by atoms with Crippen molar-refractivity contribution >= 4 is 32.9 Å². The summed E-state index contributed by atoms with van der Waals surface area (Å²) in [6, 6.07) is 16.7. The number of nitrogens with zero attached hydrogens (tertiary/aromatic N) is 2. The highest BCUT2D eigenvalue weighted by molar-refractivity contribution is 7.89. The molecule has 0 radical (unpaired) electrons. The molecule has 3 atom stereocenters. The number of aromatic nitrogens is 1. The molecular weight excluding hydrogens is 592 g/mol. The SMILES string of the molecule is COc1ccc(Oc2ccc(S(=O)(=O)N3C(=O)N(CC4CCCC(CN)C4)C(=O)C3Cc3c[nH]c4c(C)cccc34)cc2)cc1. The number of H-pyrrole nitrogens is 1. The van der Waals surface area contributed by atoms with Gasteiger partial charge in [0.1, 0.15) is 23.3 Å². The fraction of sp³-hybridized carbons (Fsp3) is 0.353. The van der Waals surface area contributed by atoms with Crippen molar-refractivity contribution in [3.8, 4) is 17.2 Å². The standard InChI is InChI=1S/C34H38N4O6S/c1-22-5-3-8-30-25(20-36-32(22)30)18-31-33(39)37(21-24-7-4-6-23(17-24)19-35)34(40)38(31)45(41,42)29-15-13-28(14-16-29)44-27-11-9-26(43-2)10-12-27/h3,5,8-16,20,23-24,31,36H,4,6-7,17-19,21,35H2,1-2H3. The molecule has 3 amide bonds. The summed E-state index contributed by atoms with van der Waals surface area (Å²) in [5.41, 5.74) is 8.65. The van der Waals surface area contributed by atoms with Gasteiger partial charge < -0.3 is 20.2 Å². The van der Waals surface area contributed by atoms with Gasteiger partial charge in [0.2, 0.25) is 0 Å². The maximum absolute atomic E-state index is 14.2. The van der Waals surface area contributed by atoms with Gasteiger partial charge in [0.05, 0.1) is 12.0 Å². The number of amides is 3. The number of urea groups is 1. The topological polar surface area (TPSA) is 135 Å². The number of imide groups is 1. The zero-order valence-corrected chi connectivity index (χ0v) is 26.3. The maximum Gasteiger partial charge on any atom is 0.341 e. The number of ether oxygens (including phenoxy) is 2. The van der Waals surface area contributed by atoms with E-state index in [1.54, 1.807) is 37.6 Å². The van der Waals surface area contributed by atoms with E-state index in [2.05, 4.69) is 4.98 Å². The van der Waals surface area contributed by atoms with E-state index < -0.39 is 28.0 Å². The first-order valence-electron chi connectivity index (χ1n) is 15.3. The monoisotopic (exact) mass is 630 g/mol. The number of aryl methyl sites for hydroxylation is 1. The Balaban J connectivity index is 1.30. The number of methoxy groups -OCH3 is 1. The summed E-state index contributed by atoms with van der Waals surface area (Å²) in [4.78, 5) is 32.3. The largest absolute Gasteiger partial charge is 0.497 e. The summed E-state index contributed by atoms with van der Waals surface area (Å²) in [6.07, 6.45) is 5.51. The Bertz CT molecular complexity index is 1800. The van der Waals surface area contributed by atoms with Crippen LogP contribution in [0.5, 0.6) is 17.2 Å². The second kappa shape index (κ2) is 12.6. The summed E-state index contributed by atoms with van der Waals surface area (Å²) >= 11 is 0. The zero-order chi connectivity index (χ0) is 31.7. The van der Waals surface area contributed by atoms with Crippen LogP contribution < -0.4 is 15.2 Å². The summed E-state index contributed by atoms with van der Waals surface area (Å²) < 4.78 is 40.2. The van der Waals surface area contributed by atoms with Crippen molar-refractivity contribution in [1.82, 2.24) is 14.2 Å². The lowest BCUT2D eigenvalue weighted by molar-refractivity contribution is -0.128. The van der Waals surface area contributed by atoms with Crippen molar-refractivity contribution in [1.29, 1.82) is 0 Å². The van der Waals surface area contributed by atoms with Crippen LogP contribution in [-0.2, 0) is 21.2 Å². The van der Waals surface area contributed by atoms with Gasteiger partial charge in [-0.2, -0.15) is 0 Å². The Morgan fingerprint density at radius 2 is 1.60 bits per heavy atom. The number of fused-ring (bicyclic) bond motifs is 1. The number of benzene rings is 3. The highest BCUT2D eigenvalue weighted by Gasteiger charge is 2.52. The second-order valence-corrected chi connectivity index (χ2v) is 13.8. The van der Waals surface area contributed by atoms with E-state index in [9.17, 15) is 18.0 Å². The minimum atomic E-state index is -4.40. The first-order valence-corrected chi connectivity index (χ1v) is 16.7. The molecule has 6 rings (SSSR count). The molecular formula is C34H38N4O6S. The van der Waals surface area contributed by atoms with Crippen LogP contribution in [0.3, 0.4) is 0 Å². The van der Waals surface area contributed by atoms with Crippen LogP contribution >= 0.6 is 0 Å². The van der Waals surface area contributed by atoms with Crippen LogP contribution in [0.25, 0.3) is 10.9 Å². The highest BCUT2D eigenvalue weighted by atomic mass is 32.2. The normalized spacial score (nSPS) is 20.6. The van der Waals surface area contributed by atoms with Gasteiger partial charge in [0, 0.05) is 30.1 Å². The summed E-state index contributed by atoms with van der Waals surface area (Å²) in [7, 11) is -2.83. The lowest BCUT2D eigenvalue weighted by atomic mass is 9.81. The fourth-order valence-electron chi connectivity index (χ4n) is 6.59. The molecule has 2 aliphatic rings. The molecule has 2 heterocycles. The average Bonchev–Trinajstić information content (AvgIpc) is 3.57. The third kappa shape index (κ3) is 6.02. The molecule has 10 nitrogen and oxygen atoms in total. The molecule has 0 bridgehead atoms. The Morgan fingerprint density at radius 1 is 0.933 bits per heavy atom. The van der Waals surface area contributed by atoms with Crippen molar-refractivity contribution in [2.75, 3.05) is 20.2 Å². The molecule has 4 aromatic rings. The lowest BCUT2D eigenvalue weighted by Crippen LogP contribution is -2.41. The van der Waals surface area contributed by atoms with Crippen LogP contribution in [-0.4, -0.2) is 60.8 Å². The number of carbonyl (C=O) groups excluding carboxylic acids is 2. The maximum atomic E-state index is 14.2. The molecule has 1 saturated heterocycles. The van der Waals surface area contributed by atoms with Crippen molar-refractivity contribution in [2.24, 2.45) is 17.6 Å². The van der Waals surface area contributed by atoms with E-state index in [0.29, 0.717) is 29.7 Å². The van der Waals surface area contributed by atoms with E-state index in [0.717, 1.165) is 56.9 Å². The smallest absolute Gasteiger partial charge is 0.341 e. The first-order chi connectivity index (χ1) is 21.7. The van der Waals surface area contributed by atoms with Crippen LogP contribution in [0.2, 0.25) is 0 Å². The number of rotatable bonds is 10.